The molecule has 0 unspecified atom stereocenters. The van der Waals surface area contributed by atoms with Gasteiger partial charge in [-0.15, -0.1) is 0 Å². The Labute approximate surface area is 151 Å². The summed E-state index contributed by atoms with van der Waals surface area (Å²) in [5.74, 6) is 0.779. The van der Waals surface area contributed by atoms with Crippen molar-refractivity contribution in [3.8, 4) is 11.3 Å². The van der Waals surface area contributed by atoms with Crippen molar-refractivity contribution in [3.63, 3.8) is 0 Å². The minimum absolute atomic E-state index is 0.0784. The molecule has 0 aliphatic rings. The van der Waals surface area contributed by atoms with Gasteiger partial charge < -0.3 is 9.15 Å². The normalized spacial score (nSPS) is 10.8. The van der Waals surface area contributed by atoms with Crippen LogP contribution in [0.5, 0.6) is 0 Å². The first-order chi connectivity index (χ1) is 12.6. The van der Waals surface area contributed by atoms with Crippen LogP contribution in [0, 0.1) is 6.92 Å². The van der Waals surface area contributed by atoms with E-state index in [1.54, 1.807) is 48.5 Å². The van der Waals surface area contributed by atoms with Crippen molar-refractivity contribution >= 4 is 17.8 Å². The maximum atomic E-state index is 12.2. The highest BCUT2D eigenvalue weighted by molar-refractivity contribution is 6.06. The Morgan fingerprint density at radius 1 is 0.885 bits per heavy atom. The molecule has 0 N–H and O–H groups in total. The van der Waals surface area contributed by atoms with Gasteiger partial charge in [-0.2, -0.15) is 0 Å². The minimum atomic E-state index is -0.380. The first-order valence-corrected chi connectivity index (χ1v) is 8.14. The number of carbonyl (C=O) groups excluding carboxylic acids is 2. The van der Waals surface area contributed by atoms with Gasteiger partial charge in [0, 0.05) is 11.1 Å². The Bertz CT molecular complexity index is 945. The van der Waals surface area contributed by atoms with E-state index in [0.717, 1.165) is 11.1 Å². The van der Waals surface area contributed by atoms with Crippen LogP contribution in [-0.2, 0) is 4.74 Å². The van der Waals surface area contributed by atoms with Crippen LogP contribution in [0.1, 0.15) is 32.0 Å². The van der Waals surface area contributed by atoms with Crippen molar-refractivity contribution in [1.82, 2.24) is 0 Å². The van der Waals surface area contributed by atoms with E-state index in [4.69, 9.17) is 4.42 Å². The molecule has 0 bridgehead atoms. The number of allylic oxidation sites excluding steroid dienone is 1. The molecule has 3 aromatic rings. The predicted octanol–water partition coefficient (Wildman–Crippen LogP) is 4.94. The fourth-order valence-electron chi connectivity index (χ4n) is 2.46. The Morgan fingerprint density at radius 3 is 2.19 bits per heavy atom. The van der Waals surface area contributed by atoms with Crippen LogP contribution in [0.2, 0.25) is 0 Å². The fourth-order valence-corrected chi connectivity index (χ4v) is 2.46. The third-order valence-corrected chi connectivity index (χ3v) is 3.95. The molecule has 0 saturated heterocycles. The van der Waals surface area contributed by atoms with Crippen LogP contribution < -0.4 is 0 Å². The number of ether oxygens (including phenoxy) is 1. The SMILES string of the molecule is COC(=O)c1ccc(-c2ccc(/C=C/C(=O)c3ccc(C)cc3)o2)cc1. The molecule has 0 spiro atoms. The number of esters is 1. The number of rotatable bonds is 5. The molecule has 26 heavy (non-hydrogen) atoms. The molecular formula is C22H18O4. The number of carbonyl (C=O) groups is 2. The van der Waals surface area contributed by atoms with E-state index in [1.165, 1.54) is 13.2 Å². The van der Waals surface area contributed by atoms with Gasteiger partial charge in [0.25, 0.3) is 0 Å². The van der Waals surface area contributed by atoms with E-state index in [9.17, 15) is 9.59 Å². The van der Waals surface area contributed by atoms with Gasteiger partial charge in [-0.25, -0.2) is 4.79 Å². The second kappa shape index (κ2) is 7.66. The Kier molecular flexibility index (Phi) is 5.13. The lowest BCUT2D eigenvalue weighted by molar-refractivity contribution is 0.0600. The summed E-state index contributed by atoms with van der Waals surface area (Å²) in [6.07, 6.45) is 3.14. The van der Waals surface area contributed by atoms with E-state index in [0.29, 0.717) is 22.6 Å². The summed E-state index contributed by atoms with van der Waals surface area (Å²) in [5, 5.41) is 0. The maximum absolute atomic E-state index is 12.2. The first-order valence-electron chi connectivity index (χ1n) is 8.14. The molecule has 4 heteroatoms. The largest absolute Gasteiger partial charge is 0.465 e. The summed E-state index contributed by atoms with van der Waals surface area (Å²) < 4.78 is 10.4. The maximum Gasteiger partial charge on any atom is 0.337 e. The Morgan fingerprint density at radius 2 is 1.54 bits per heavy atom. The van der Waals surface area contributed by atoms with Crippen molar-refractivity contribution in [3.05, 3.63) is 89.2 Å². The number of hydrogen-bond donors (Lipinski definition) is 0. The predicted molar refractivity (Wildman–Crippen MR) is 100 cm³/mol. The van der Waals surface area contributed by atoms with Crippen LogP contribution in [0.4, 0.5) is 0 Å². The molecule has 4 nitrogen and oxygen atoms in total. The van der Waals surface area contributed by atoms with Crippen molar-refractivity contribution < 1.29 is 18.7 Å². The Balaban J connectivity index is 1.72. The topological polar surface area (TPSA) is 56.5 Å². The molecule has 0 amide bonds. The van der Waals surface area contributed by atoms with Gasteiger partial charge in [-0.1, -0.05) is 42.0 Å². The van der Waals surface area contributed by atoms with E-state index >= 15 is 0 Å². The van der Waals surface area contributed by atoms with E-state index < -0.39 is 0 Å². The molecule has 0 radical (unpaired) electrons. The van der Waals surface area contributed by atoms with Gasteiger partial charge in [-0.3, -0.25) is 4.79 Å². The van der Waals surface area contributed by atoms with Crippen LogP contribution >= 0.6 is 0 Å². The molecule has 130 valence electrons. The van der Waals surface area contributed by atoms with Gasteiger partial charge in [0.05, 0.1) is 12.7 Å². The molecule has 0 saturated carbocycles. The molecule has 1 aromatic heterocycles. The molecular weight excluding hydrogens is 328 g/mol. The van der Waals surface area contributed by atoms with E-state index in [1.807, 2.05) is 25.1 Å². The number of furan rings is 1. The van der Waals surface area contributed by atoms with Gasteiger partial charge in [0.15, 0.2) is 5.78 Å². The molecule has 3 rings (SSSR count). The lowest BCUT2D eigenvalue weighted by atomic mass is 10.1. The van der Waals surface area contributed by atoms with Crippen molar-refractivity contribution in [2.24, 2.45) is 0 Å². The number of ketones is 1. The second-order valence-corrected chi connectivity index (χ2v) is 5.83. The number of benzene rings is 2. The second-order valence-electron chi connectivity index (χ2n) is 5.83. The zero-order valence-electron chi connectivity index (χ0n) is 14.6. The monoisotopic (exact) mass is 346 g/mol. The summed E-state index contributed by atoms with van der Waals surface area (Å²) in [7, 11) is 1.35. The van der Waals surface area contributed by atoms with Gasteiger partial charge in [-0.05, 0) is 43.3 Å². The molecule has 0 atom stereocenters. The van der Waals surface area contributed by atoms with Gasteiger partial charge in [0.2, 0.25) is 0 Å². The zero-order chi connectivity index (χ0) is 18.5. The minimum Gasteiger partial charge on any atom is -0.465 e. The highest BCUT2D eigenvalue weighted by Gasteiger charge is 2.08. The third-order valence-electron chi connectivity index (χ3n) is 3.95. The van der Waals surface area contributed by atoms with Gasteiger partial charge >= 0.3 is 5.97 Å². The number of aryl methyl sites for hydroxylation is 1. The van der Waals surface area contributed by atoms with Crippen molar-refractivity contribution in [2.75, 3.05) is 7.11 Å². The summed E-state index contributed by atoms with van der Waals surface area (Å²) in [4.78, 5) is 23.6. The molecule has 2 aromatic carbocycles. The summed E-state index contributed by atoms with van der Waals surface area (Å²) in [6, 6.07) is 18.0. The molecule has 0 aliphatic carbocycles. The third kappa shape index (κ3) is 3.98. The highest BCUT2D eigenvalue weighted by atomic mass is 16.5. The van der Waals surface area contributed by atoms with E-state index in [-0.39, 0.29) is 11.8 Å². The lowest BCUT2D eigenvalue weighted by Gasteiger charge is -2.00. The average Bonchev–Trinajstić information content (AvgIpc) is 3.15. The smallest absolute Gasteiger partial charge is 0.337 e. The average molecular weight is 346 g/mol. The standard InChI is InChI=1S/C22H18O4/c1-15-3-5-16(6-4-15)20(23)13-11-19-12-14-21(26-19)17-7-9-18(10-8-17)22(24)25-2/h3-14H,1-2H3/b13-11+. The fraction of sp³-hybridized carbons (Fsp3) is 0.0909. The molecule has 0 fully saturated rings. The van der Waals surface area contributed by atoms with Crippen LogP contribution in [0.25, 0.3) is 17.4 Å². The Hall–Kier alpha value is -3.40. The quantitative estimate of drug-likeness (QED) is 0.373. The summed E-state index contributed by atoms with van der Waals surface area (Å²) in [6.45, 7) is 1.98. The highest BCUT2D eigenvalue weighted by Crippen LogP contribution is 2.23. The van der Waals surface area contributed by atoms with Crippen molar-refractivity contribution in [1.29, 1.82) is 0 Å². The van der Waals surface area contributed by atoms with Crippen LogP contribution in [-0.4, -0.2) is 18.9 Å². The van der Waals surface area contributed by atoms with E-state index in [2.05, 4.69) is 4.74 Å². The zero-order valence-corrected chi connectivity index (χ0v) is 14.6. The lowest BCUT2D eigenvalue weighted by Crippen LogP contribution is -2.00. The first kappa shape index (κ1) is 17.4. The van der Waals surface area contributed by atoms with Gasteiger partial charge in [0.1, 0.15) is 11.5 Å². The van der Waals surface area contributed by atoms with Crippen LogP contribution in [0.3, 0.4) is 0 Å². The summed E-state index contributed by atoms with van der Waals surface area (Å²) >= 11 is 0. The molecule has 0 aliphatic heterocycles. The van der Waals surface area contributed by atoms with Crippen LogP contribution in [0.15, 0.2) is 71.2 Å². The molecule has 1 heterocycles. The number of methoxy groups -OCH3 is 1. The number of hydrogen-bond acceptors (Lipinski definition) is 4. The van der Waals surface area contributed by atoms with Crippen molar-refractivity contribution in [2.45, 2.75) is 6.92 Å². The summed E-state index contributed by atoms with van der Waals surface area (Å²) in [5.41, 5.74) is 3.06.